The number of hydrogen-bond acceptors (Lipinski definition) is 7. The summed E-state index contributed by atoms with van der Waals surface area (Å²) in [6.45, 7) is 0.714. The molecule has 8 nitrogen and oxygen atoms in total. The van der Waals surface area contributed by atoms with Gasteiger partial charge in [0.15, 0.2) is 23.7 Å². The standard InChI is InChI=1S/C21H18N2O6/c24-19(22-14-6-7-17-18(12-14)27-11-3-10-26-17)13-28-21(25)9-8-20-23-15-4-1-2-5-16(15)29-20/h1-2,4-9,12H,3,10-11,13H2,(H,22,24)/b9-8+. The molecule has 0 atom stereocenters. The normalized spacial score (nSPS) is 13.2. The number of anilines is 1. The summed E-state index contributed by atoms with van der Waals surface area (Å²) in [5.74, 6) is 0.332. The van der Waals surface area contributed by atoms with Crippen LogP contribution in [0, 0.1) is 0 Å². The molecule has 0 saturated heterocycles. The molecule has 0 spiro atoms. The molecule has 1 aliphatic heterocycles. The fourth-order valence-electron chi connectivity index (χ4n) is 2.72. The van der Waals surface area contributed by atoms with E-state index >= 15 is 0 Å². The molecule has 0 bridgehead atoms. The molecule has 0 saturated carbocycles. The lowest BCUT2D eigenvalue weighted by Gasteiger charge is -2.10. The number of hydrogen-bond donors (Lipinski definition) is 1. The molecule has 1 aromatic heterocycles. The molecular formula is C21H18N2O6. The SMILES string of the molecule is O=C(COC(=O)/C=C/c1nc2ccccc2o1)Nc1ccc2c(c1)OCCCO2. The molecule has 148 valence electrons. The fourth-order valence-corrected chi connectivity index (χ4v) is 2.72. The van der Waals surface area contributed by atoms with Crippen molar-refractivity contribution in [1.82, 2.24) is 4.98 Å². The molecule has 3 aromatic rings. The van der Waals surface area contributed by atoms with E-state index in [1.54, 1.807) is 30.3 Å². The van der Waals surface area contributed by atoms with Gasteiger partial charge in [0.25, 0.3) is 5.91 Å². The summed E-state index contributed by atoms with van der Waals surface area (Å²) in [7, 11) is 0. The number of ether oxygens (including phenoxy) is 3. The monoisotopic (exact) mass is 394 g/mol. The lowest BCUT2D eigenvalue weighted by atomic mass is 10.2. The first kappa shape index (κ1) is 18.5. The van der Waals surface area contributed by atoms with Gasteiger partial charge in [0.05, 0.1) is 13.2 Å². The molecule has 0 aliphatic carbocycles. The lowest BCUT2D eigenvalue weighted by molar-refractivity contribution is -0.142. The Morgan fingerprint density at radius 3 is 2.79 bits per heavy atom. The van der Waals surface area contributed by atoms with Gasteiger partial charge >= 0.3 is 5.97 Å². The lowest BCUT2D eigenvalue weighted by Crippen LogP contribution is -2.20. The number of esters is 1. The van der Waals surface area contributed by atoms with E-state index in [0.29, 0.717) is 41.5 Å². The number of fused-ring (bicyclic) bond motifs is 2. The zero-order chi connectivity index (χ0) is 20.1. The van der Waals surface area contributed by atoms with Crippen LogP contribution >= 0.6 is 0 Å². The average Bonchev–Trinajstić information content (AvgIpc) is 3.00. The van der Waals surface area contributed by atoms with Gasteiger partial charge in [0, 0.05) is 30.3 Å². The van der Waals surface area contributed by atoms with E-state index < -0.39 is 18.5 Å². The summed E-state index contributed by atoms with van der Waals surface area (Å²) in [4.78, 5) is 28.1. The van der Waals surface area contributed by atoms with Crippen molar-refractivity contribution < 1.29 is 28.2 Å². The Morgan fingerprint density at radius 2 is 1.93 bits per heavy atom. The Bertz CT molecular complexity index is 1040. The molecule has 4 rings (SSSR count). The van der Waals surface area contributed by atoms with Crippen molar-refractivity contribution in [2.45, 2.75) is 6.42 Å². The van der Waals surface area contributed by atoms with Gasteiger partial charge < -0.3 is 23.9 Å². The highest BCUT2D eigenvalue weighted by molar-refractivity contribution is 5.94. The van der Waals surface area contributed by atoms with Crippen LogP contribution in [0.5, 0.6) is 11.5 Å². The highest BCUT2D eigenvalue weighted by Crippen LogP contribution is 2.32. The molecule has 29 heavy (non-hydrogen) atoms. The van der Waals surface area contributed by atoms with Crippen LogP contribution in [-0.2, 0) is 14.3 Å². The van der Waals surface area contributed by atoms with E-state index in [-0.39, 0.29) is 5.89 Å². The minimum absolute atomic E-state index is 0.278. The van der Waals surface area contributed by atoms with E-state index in [2.05, 4.69) is 10.3 Å². The first-order valence-electron chi connectivity index (χ1n) is 9.07. The number of carbonyl (C=O) groups is 2. The molecule has 0 radical (unpaired) electrons. The first-order chi connectivity index (χ1) is 14.2. The van der Waals surface area contributed by atoms with Gasteiger partial charge in [-0.25, -0.2) is 9.78 Å². The number of aromatic nitrogens is 1. The van der Waals surface area contributed by atoms with Gasteiger partial charge in [-0.1, -0.05) is 12.1 Å². The molecule has 1 aliphatic rings. The second-order valence-electron chi connectivity index (χ2n) is 6.22. The predicted octanol–water partition coefficient (Wildman–Crippen LogP) is 3.18. The molecule has 1 N–H and O–H groups in total. The van der Waals surface area contributed by atoms with E-state index in [9.17, 15) is 9.59 Å². The Labute approximate surface area is 166 Å². The van der Waals surface area contributed by atoms with Gasteiger partial charge in [-0.3, -0.25) is 4.79 Å². The predicted molar refractivity (Wildman–Crippen MR) is 105 cm³/mol. The Kier molecular flexibility index (Phi) is 5.42. The van der Waals surface area contributed by atoms with Crippen molar-refractivity contribution in [2.75, 3.05) is 25.1 Å². The molecule has 8 heteroatoms. The summed E-state index contributed by atoms with van der Waals surface area (Å²) >= 11 is 0. The number of oxazole rings is 1. The number of nitrogens with zero attached hydrogens (tertiary/aromatic N) is 1. The smallest absolute Gasteiger partial charge is 0.331 e. The van der Waals surface area contributed by atoms with Gasteiger partial charge in [-0.15, -0.1) is 0 Å². The van der Waals surface area contributed by atoms with Gasteiger partial charge in [-0.2, -0.15) is 0 Å². The van der Waals surface area contributed by atoms with Crippen LogP contribution in [0.4, 0.5) is 5.69 Å². The summed E-state index contributed by atoms with van der Waals surface area (Å²) < 4.78 is 21.5. The summed E-state index contributed by atoms with van der Waals surface area (Å²) in [6, 6.07) is 12.4. The Hall–Kier alpha value is -3.81. The quantitative estimate of drug-likeness (QED) is 0.524. The highest BCUT2D eigenvalue weighted by atomic mass is 16.5. The van der Waals surface area contributed by atoms with E-state index in [1.165, 1.54) is 6.08 Å². The van der Waals surface area contributed by atoms with Gasteiger partial charge in [0.1, 0.15) is 5.52 Å². The molecule has 0 unspecified atom stereocenters. The summed E-state index contributed by atoms with van der Waals surface area (Å²) in [5.41, 5.74) is 1.84. The average molecular weight is 394 g/mol. The van der Waals surface area contributed by atoms with Crippen molar-refractivity contribution in [3.8, 4) is 11.5 Å². The number of para-hydroxylation sites is 2. The van der Waals surface area contributed by atoms with Crippen molar-refractivity contribution in [3.05, 3.63) is 54.4 Å². The van der Waals surface area contributed by atoms with Crippen molar-refractivity contribution in [3.63, 3.8) is 0 Å². The molecule has 2 heterocycles. The van der Waals surface area contributed by atoms with E-state index in [0.717, 1.165) is 12.5 Å². The van der Waals surface area contributed by atoms with Crippen LogP contribution in [0.2, 0.25) is 0 Å². The number of nitrogens with one attached hydrogen (secondary N) is 1. The Morgan fingerprint density at radius 1 is 1.10 bits per heavy atom. The number of carbonyl (C=O) groups excluding carboxylic acids is 2. The Balaban J connectivity index is 1.29. The zero-order valence-corrected chi connectivity index (χ0v) is 15.4. The van der Waals surface area contributed by atoms with Crippen LogP contribution in [0.15, 0.2) is 53.0 Å². The van der Waals surface area contributed by atoms with Crippen molar-refractivity contribution in [2.24, 2.45) is 0 Å². The highest BCUT2D eigenvalue weighted by Gasteiger charge is 2.12. The third-order valence-corrected chi connectivity index (χ3v) is 4.05. The third-order valence-electron chi connectivity index (χ3n) is 4.05. The zero-order valence-electron chi connectivity index (χ0n) is 15.4. The van der Waals surface area contributed by atoms with Crippen LogP contribution in [-0.4, -0.2) is 36.7 Å². The maximum atomic E-state index is 12.0. The van der Waals surface area contributed by atoms with Crippen LogP contribution in [0.1, 0.15) is 12.3 Å². The summed E-state index contributed by atoms with van der Waals surface area (Å²) in [6.07, 6.45) is 3.35. The van der Waals surface area contributed by atoms with E-state index in [1.807, 2.05) is 12.1 Å². The van der Waals surface area contributed by atoms with E-state index in [4.69, 9.17) is 18.6 Å². The largest absolute Gasteiger partial charge is 0.490 e. The van der Waals surface area contributed by atoms with Crippen LogP contribution in [0.3, 0.4) is 0 Å². The number of amides is 1. The minimum Gasteiger partial charge on any atom is -0.490 e. The van der Waals surface area contributed by atoms with Crippen LogP contribution in [0.25, 0.3) is 17.2 Å². The number of rotatable bonds is 5. The van der Waals surface area contributed by atoms with Crippen LogP contribution < -0.4 is 14.8 Å². The third kappa shape index (κ3) is 4.73. The topological polar surface area (TPSA) is 99.9 Å². The minimum atomic E-state index is -0.680. The molecular weight excluding hydrogens is 376 g/mol. The maximum Gasteiger partial charge on any atom is 0.331 e. The fraction of sp³-hybridized carbons (Fsp3) is 0.190. The summed E-state index contributed by atoms with van der Waals surface area (Å²) in [5, 5.41) is 2.65. The number of benzene rings is 2. The van der Waals surface area contributed by atoms with Gasteiger partial charge in [-0.05, 0) is 24.3 Å². The maximum absolute atomic E-state index is 12.0. The van der Waals surface area contributed by atoms with Crippen molar-refractivity contribution >= 4 is 34.7 Å². The molecule has 1 amide bonds. The van der Waals surface area contributed by atoms with Gasteiger partial charge in [0.2, 0.25) is 5.89 Å². The second-order valence-corrected chi connectivity index (χ2v) is 6.22. The first-order valence-corrected chi connectivity index (χ1v) is 9.07. The molecule has 0 fully saturated rings. The van der Waals surface area contributed by atoms with Crippen molar-refractivity contribution in [1.29, 1.82) is 0 Å². The molecule has 2 aromatic carbocycles. The second kappa shape index (κ2) is 8.47.